The van der Waals surface area contributed by atoms with Crippen LogP contribution in [-0.2, 0) is 17.6 Å². The molecule has 0 aromatic heterocycles. The summed E-state index contributed by atoms with van der Waals surface area (Å²) >= 11 is 11.8. The average molecular weight is 322 g/mol. The van der Waals surface area contributed by atoms with E-state index in [2.05, 4.69) is 12.2 Å². The molecule has 0 fully saturated rings. The predicted octanol–water partition coefficient (Wildman–Crippen LogP) is 5.13. The number of nitrogens with one attached hydrogen (secondary N) is 1. The molecular formula is C17H17Cl2NO. The molecule has 0 radical (unpaired) electrons. The fourth-order valence-corrected chi connectivity index (χ4v) is 2.44. The minimum absolute atomic E-state index is 0.00183. The van der Waals surface area contributed by atoms with Crippen LogP contribution in [0, 0.1) is 0 Å². The van der Waals surface area contributed by atoms with E-state index in [-0.39, 0.29) is 5.91 Å². The highest BCUT2D eigenvalue weighted by Crippen LogP contribution is 2.23. The maximum Gasteiger partial charge on any atom is 0.224 e. The second-order valence-electron chi connectivity index (χ2n) is 4.81. The zero-order chi connectivity index (χ0) is 15.2. The fourth-order valence-electron chi connectivity index (χ4n) is 2.12. The number of para-hydroxylation sites is 1. The Morgan fingerprint density at radius 2 is 1.86 bits per heavy atom. The lowest BCUT2D eigenvalue weighted by Crippen LogP contribution is -2.13. The van der Waals surface area contributed by atoms with Crippen LogP contribution >= 0.6 is 23.2 Å². The van der Waals surface area contributed by atoms with E-state index in [1.54, 1.807) is 12.1 Å². The Morgan fingerprint density at radius 3 is 2.57 bits per heavy atom. The summed E-state index contributed by atoms with van der Waals surface area (Å²) in [5.41, 5.74) is 3.03. The van der Waals surface area contributed by atoms with Crippen molar-refractivity contribution in [1.29, 1.82) is 0 Å². The van der Waals surface area contributed by atoms with Crippen molar-refractivity contribution in [3.63, 3.8) is 0 Å². The monoisotopic (exact) mass is 321 g/mol. The Balaban J connectivity index is 1.94. The number of carbonyl (C=O) groups excluding carboxylic acids is 1. The van der Waals surface area contributed by atoms with E-state index in [4.69, 9.17) is 23.2 Å². The highest BCUT2D eigenvalue weighted by Gasteiger charge is 2.07. The van der Waals surface area contributed by atoms with Crippen LogP contribution in [0.2, 0.25) is 10.0 Å². The summed E-state index contributed by atoms with van der Waals surface area (Å²) < 4.78 is 0. The number of rotatable bonds is 5. The van der Waals surface area contributed by atoms with Gasteiger partial charge in [-0.3, -0.25) is 4.79 Å². The summed E-state index contributed by atoms with van der Waals surface area (Å²) in [5, 5.41) is 4.01. The first kappa shape index (κ1) is 15.9. The Hall–Kier alpha value is -1.51. The summed E-state index contributed by atoms with van der Waals surface area (Å²) in [6.45, 7) is 2.07. The van der Waals surface area contributed by atoms with Crippen molar-refractivity contribution in [3.05, 3.63) is 63.6 Å². The lowest BCUT2D eigenvalue weighted by Gasteiger charge is -2.09. The Labute approximate surface area is 135 Å². The van der Waals surface area contributed by atoms with Crippen molar-refractivity contribution >= 4 is 34.8 Å². The third kappa shape index (κ3) is 4.48. The van der Waals surface area contributed by atoms with Crippen LogP contribution in [0.25, 0.3) is 0 Å². The number of hydrogen-bond donors (Lipinski definition) is 1. The fraction of sp³-hybridized carbons (Fsp3) is 0.235. The van der Waals surface area contributed by atoms with E-state index < -0.39 is 0 Å². The van der Waals surface area contributed by atoms with Crippen molar-refractivity contribution in [3.8, 4) is 0 Å². The molecule has 1 N–H and O–H groups in total. The lowest BCUT2D eigenvalue weighted by atomic mass is 10.1. The van der Waals surface area contributed by atoms with E-state index >= 15 is 0 Å². The molecule has 0 heterocycles. The number of hydrogen-bond acceptors (Lipinski definition) is 1. The minimum Gasteiger partial charge on any atom is -0.326 e. The van der Waals surface area contributed by atoms with E-state index in [9.17, 15) is 4.79 Å². The van der Waals surface area contributed by atoms with Gasteiger partial charge in [0, 0.05) is 12.1 Å². The van der Waals surface area contributed by atoms with Gasteiger partial charge in [-0.05, 0) is 42.2 Å². The van der Waals surface area contributed by atoms with Crippen LogP contribution in [0.3, 0.4) is 0 Å². The Morgan fingerprint density at radius 1 is 1.10 bits per heavy atom. The van der Waals surface area contributed by atoms with Crippen LogP contribution in [0.5, 0.6) is 0 Å². The molecule has 21 heavy (non-hydrogen) atoms. The molecule has 0 saturated heterocycles. The molecule has 2 rings (SSSR count). The summed E-state index contributed by atoms with van der Waals surface area (Å²) in [6.07, 6.45) is 1.94. The number of carbonyl (C=O) groups is 1. The predicted molar refractivity (Wildman–Crippen MR) is 89.2 cm³/mol. The van der Waals surface area contributed by atoms with Crippen LogP contribution < -0.4 is 5.32 Å². The minimum atomic E-state index is 0.00183. The van der Waals surface area contributed by atoms with Gasteiger partial charge < -0.3 is 5.32 Å². The van der Waals surface area contributed by atoms with Crippen molar-refractivity contribution < 1.29 is 4.79 Å². The van der Waals surface area contributed by atoms with Gasteiger partial charge in [0.2, 0.25) is 5.91 Å². The number of amides is 1. The summed E-state index contributed by atoms with van der Waals surface area (Å²) in [7, 11) is 0. The van der Waals surface area contributed by atoms with Crippen LogP contribution in [-0.4, -0.2) is 5.91 Å². The van der Waals surface area contributed by atoms with Gasteiger partial charge in [-0.2, -0.15) is 0 Å². The molecule has 2 aromatic carbocycles. The van der Waals surface area contributed by atoms with Gasteiger partial charge in [-0.15, -0.1) is 0 Å². The molecule has 0 bridgehead atoms. The van der Waals surface area contributed by atoms with Gasteiger partial charge in [-0.1, -0.05) is 54.4 Å². The largest absolute Gasteiger partial charge is 0.326 e. The van der Waals surface area contributed by atoms with Crippen LogP contribution in [0.1, 0.15) is 24.5 Å². The van der Waals surface area contributed by atoms with E-state index in [0.29, 0.717) is 22.9 Å². The third-order valence-electron chi connectivity index (χ3n) is 3.30. The van der Waals surface area contributed by atoms with E-state index in [0.717, 1.165) is 23.2 Å². The quantitative estimate of drug-likeness (QED) is 0.812. The van der Waals surface area contributed by atoms with Gasteiger partial charge in [0.25, 0.3) is 0 Å². The molecule has 2 nitrogen and oxygen atoms in total. The van der Waals surface area contributed by atoms with Crippen LogP contribution in [0.4, 0.5) is 5.69 Å². The SMILES string of the molecule is CCc1ccccc1NC(=O)CCc1ccc(Cl)c(Cl)c1. The van der Waals surface area contributed by atoms with Gasteiger partial charge in [-0.25, -0.2) is 0 Å². The maximum absolute atomic E-state index is 12.0. The molecule has 0 unspecified atom stereocenters. The van der Waals surface area contributed by atoms with Crippen LogP contribution in [0.15, 0.2) is 42.5 Å². The highest BCUT2D eigenvalue weighted by molar-refractivity contribution is 6.42. The van der Waals surface area contributed by atoms with Gasteiger partial charge >= 0.3 is 0 Å². The molecule has 0 aliphatic rings. The first-order chi connectivity index (χ1) is 10.1. The molecule has 1 amide bonds. The van der Waals surface area contributed by atoms with E-state index in [1.165, 1.54) is 0 Å². The summed E-state index contributed by atoms with van der Waals surface area (Å²) in [5.74, 6) is 0.00183. The third-order valence-corrected chi connectivity index (χ3v) is 4.04. The normalized spacial score (nSPS) is 10.4. The molecule has 110 valence electrons. The summed E-state index contributed by atoms with van der Waals surface area (Å²) in [4.78, 5) is 12.0. The Kier molecular flexibility index (Phi) is 5.66. The smallest absolute Gasteiger partial charge is 0.224 e. The average Bonchev–Trinajstić information content (AvgIpc) is 2.49. The molecule has 0 atom stereocenters. The number of aryl methyl sites for hydroxylation is 2. The van der Waals surface area contributed by atoms with Gasteiger partial charge in [0.15, 0.2) is 0 Å². The highest BCUT2D eigenvalue weighted by atomic mass is 35.5. The number of anilines is 1. The number of benzene rings is 2. The molecule has 0 aliphatic heterocycles. The second kappa shape index (κ2) is 7.48. The molecular weight excluding hydrogens is 305 g/mol. The maximum atomic E-state index is 12.0. The Bertz CT molecular complexity index is 640. The zero-order valence-corrected chi connectivity index (χ0v) is 13.3. The van der Waals surface area contributed by atoms with Crippen molar-refractivity contribution in [1.82, 2.24) is 0 Å². The first-order valence-electron chi connectivity index (χ1n) is 6.92. The van der Waals surface area contributed by atoms with E-state index in [1.807, 2.05) is 30.3 Å². The summed E-state index contributed by atoms with van der Waals surface area (Å²) in [6, 6.07) is 13.3. The van der Waals surface area contributed by atoms with Crippen molar-refractivity contribution in [2.75, 3.05) is 5.32 Å². The molecule has 2 aromatic rings. The van der Waals surface area contributed by atoms with Gasteiger partial charge in [0.1, 0.15) is 0 Å². The standard InChI is InChI=1S/C17H17Cl2NO/c1-2-13-5-3-4-6-16(13)20-17(21)10-8-12-7-9-14(18)15(19)11-12/h3-7,9,11H,2,8,10H2,1H3,(H,20,21). The molecule has 0 spiro atoms. The van der Waals surface area contributed by atoms with Crippen molar-refractivity contribution in [2.24, 2.45) is 0 Å². The topological polar surface area (TPSA) is 29.1 Å². The molecule has 0 saturated carbocycles. The van der Waals surface area contributed by atoms with Crippen molar-refractivity contribution in [2.45, 2.75) is 26.2 Å². The first-order valence-corrected chi connectivity index (χ1v) is 7.67. The molecule has 0 aliphatic carbocycles. The second-order valence-corrected chi connectivity index (χ2v) is 5.62. The molecule has 4 heteroatoms. The zero-order valence-electron chi connectivity index (χ0n) is 11.8. The van der Waals surface area contributed by atoms with Gasteiger partial charge in [0.05, 0.1) is 10.0 Å². The number of halogens is 2. The lowest BCUT2D eigenvalue weighted by molar-refractivity contribution is -0.116.